The van der Waals surface area contributed by atoms with Gasteiger partial charge in [0, 0.05) is 32.5 Å². The molecule has 7 aromatic carbocycles. The van der Waals surface area contributed by atoms with Crippen molar-refractivity contribution < 1.29 is 8.83 Å². The summed E-state index contributed by atoms with van der Waals surface area (Å²) in [5, 5.41) is 6.32. The number of fused-ring (bicyclic) bond motifs is 10. The molecule has 238 valence electrons. The van der Waals surface area contributed by atoms with Crippen molar-refractivity contribution in [3.05, 3.63) is 158 Å². The number of para-hydroxylation sites is 4. The van der Waals surface area contributed by atoms with Gasteiger partial charge in [0.1, 0.15) is 22.3 Å². The fourth-order valence-electron chi connectivity index (χ4n) is 7.53. The van der Waals surface area contributed by atoms with E-state index < -0.39 is 0 Å². The van der Waals surface area contributed by atoms with Gasteiger partial charge in [-0.05, 0) is 47.5 Å². The molecule has 0 amide bonds. The van der Waals surface area contributed by atoms with Crippen LogP contribution in [-0.2, 0) is 0 Å². The number of rotatable bonds is 4. The molecule has 4 heterocycles. The van der Waals surface area contributed by atoms with Crippen LogP contribution in [-0.4, -0.2) is 19.5 Å². The van der Waals surface area contributed by atoms with Gasteiger partial charge in [-0.25, -0.2) is 4.98 Å². The van der Waals surface area contributed by atoms with Crippen LogP contribution in [0.2, 0.25) is 0 Å². The zero-order valence-corrected chi connectivity index (χ0v) is 27.1. The summed E-state index contributed by atoms with van der Waals surface area (Å²) in [5.74, 6) is 1.61. The van der Waals surface area contributed by atoms with Crippen molar-refractivity contribution in [2.45, 2.75) is 0 Å². The average molecular weight is 655 g/mol. The van der Waals surface area contributed by atoms with Crippen molar-refractivity contribution in [3.8, 4) is 39.9 Å². The van der Waals surface area contributed by atoms with Crippen LogP contribution in [0.25, 0.3) is 106 Å². The minimum atomic E-state index is 0.511. The van der Waals surface area contributed by atoms with Gasteiger partial charge in [0.25, 0.3) is 0 Å². The molecule has 0 atom stereocenters. The van der Waals surface area contributed by atoms with Crippen LogP contribution < -0.4 is 0 Å². The first-order chi connectivity index (χ1) is 25.3. The normalized spacial score (nSPS) is 11.9. The van der Waals surface area contributed by atoms with E-state index in [9.17, 15) is 0 Å². The molecule has 11 rings (SSSR count). The van der Waals surface area contributed by atoms with E-state index in [-0.39, 0.29) is 0 Å². The molecular weight excluding hydrogens is 629 g/mol. The Balaban J connectivity index is 1.20. The van der Waals surface area contributed by atoms with Crippen molar-refractivity contribution in [3.63, 3.8) is 0 Å². The van der Waals surface area contributed by atoms with Crippen LogP contribution in [0.1, 0.15) is 0 Å². The number of hydrogen-bond acceptors (Lipinski definition) is 5. The standard InChI is InChI=1S/C45H26N4O2/c1-2-11-27(12-3-1)28-21-23-29(24-22-28)43-46-44(35-17-10-16-32-30-13-5-8-19-38(30)50-41(32)35)48-45(47-43)49-36-18-7-4-15-34(36)40-37(49)26-25-33-31-14-6-9-20-39(31)51-42(33)40/h1-26H. The molecule has 0 spiro atoms. The fraction of sp³-hybridized carbons (Fsp3) is 0. The van der Waals surface area contributed by atoms with Gasteiger partial charge in [-0.15, -0.1) is 0 Å². The zero-order chi connectivity index (χ0) is 33.5. The van der Waals surface area contributed by atoms with Gasteiger partial charge in [-0.3, -0.25) is 4.57 Å². The van der Waals surface area contributed by atoms with Crippen LogP contribution >= 0.6 is 0 Å². The summed E-state index contributed by atoms with van der Waals surface area (Å²) in [4.78, 5) is 15.6. The number of hydrogen-bond donors (Lipinski definition) is 0. The molecule has 51 heavy (non-hydrogen) atoms. The third-order valence-electron chi connectivity index (χ3n) is 9.90. The van der Waals surface area contributed by atoms with E-state index >= 15 is 0 Å². The van der Waals surface area contributed by atoms with E-state index in [4.69, 9.17) is 23.8 Å². The molecule has 6 nitrogen and oxygen atoms in total. The van der Waals surface area contributed by atoms with Gasteiger partial charge in [-0.2, -0.15) is 9.97 Å². The summed E-state index contributed by atoms with van der Waals surface area (Å²) in [7, 11) is 0. The van der Waals surface area contributed by atoms with Crippen molar-refractivity contribution in [1.82, 2.24) is 19.5 Å². The quantitative estimate of drug-likeness (QED) is 0.189. The smallest absolute Gasteiger partial charge is 0.238 e. The average Bonchev–Trinajstić information content (AvgIpc) is 3.88. The molecule has 0 saturated carbocycles. The Kier molecular flexibility index (Phi) is 5.86. The van der Waals surface area contributed by atoms with Crippen molar-refractivity contribution in [2.24, 2.45) is 0 Å². The van der Waals surface area contributed by atoms with Crippen LogP contribution in [0.15, 0.2) is 167 Å². The molecule has 0 saturated heterocycles. The van der Waals surface area contributed by atoms with Gasteiger partial charge in [0.05, 0.1) is 22.0 Å². The molecule has 0 fully saturated rings. The molecule has 4 aromatic heterocycles. The fourth-order valence-corrected chi connectivity index (χ4v) is 7.53. The maximum atomic E-state index is 6.55. The lowest BCUT2D eigenvalue weighted by Crippen LogP contribution is -2.06. The largest absolute Gasteiger partial charge is 0.455 e. The topological polar surface area (TPSA) is 69.9 Å². The lowest BCUT2D eigenvalue weighted by molar-refractivity contribution is 0.669. The first-order valence-electron chi connectivity index (χ1n) is 16.9. The predicted octanol–water partition coefficient (Wildman–Crippen LogP) is 11.8. The first kappa shape index (κ1) is 27.9. The highest BCUT2D eigenvalue weighted by Gasteiger charge is 2.22. The lowest BCUT2D eigenvalue weighted by atomic mass is 10.0. The molecule has 6 heteroatoms. The van der Waals surface area contributed by atoms with E-state index in [0.29, 0.717) is 17.6 Å². The summed E-state index contributed by atoms with van der Waals surface area (Å²) in [6.07, 6.45) is 0. The highest BCUT2D eigenvalue weighted by atomic mass is 16.3. The Morgan fingerprint density at radius 1 is 0.373 bits per heavy atom. The third kappa shape index (κ3) is 4.20. The molecule has 11 aromatic rings. The summed E-state index contributed by atoms with van der Waals surface area (Å²) in [5.41, 5.74) is 9.17. The van der Waals surface area contributed by atoms with E-state index in [0.717, 1.165) is 87.9 Å². The van der Waals surface area contributed by atoms with Crippen molar-refractivity contribution >= 4 is 65.7 Å². The van der Waals surface area contributed by atoms with Gasteiger partial charge >= 0.3 is 0 Å². The van der Waals surface area contributed by atoms with E-state index in [1.165, 1.54) is 0 Å². The van der Waals surface area contributed by atoms with Gasteiger partial charge in [0.15, 0.2) is 11.6 Å². The summed E-state index contributed by atoms with van der Waals surface area (Å²) < 4.78 is 15.2. The second-order valence-electron chi connectivity index (χ2n) is 12.8. The molecule has 0 aliphatic carbocycles. The zero-order valence-electron chi connectivity index (χ0n) is 27.1. The van der Waals surface area contributed by atoms with Gasteiger partial charge < -0.3 is 8.83 Å². The minimum Gasteiger partial charge on any atom is -0.455 e. The van der Waals surface area contributed by atoms with Crippen LogP contribution in [0.4, 0.5) is 0 Å². The predicted molar refractivity (Wildman–Crippen MR) is 205 cm³/mol. The maximum Gasteiger partial charge on any atom is 0.238 e. The molecule has 0 N–H and O–H groups in total. The molecule has 0 bridgehead atoms. The van der Waals surface area contributed by atoms with E-state index in [1.54, 1.807) is 0 Å². The van der Waals surface area contributed by atoms with E-state index in [1.807, 2.05) is 60.7 Å². The number of nitrogens with zero attached hydrogens (tertiary/aromatic N) is 4. The van der Waals surface area contributed by atoms with Crippen LogP contribution in [0, 0.1) is 0 Å². The summed E-state index contributed by atoms with van der Waals surface area (Å²) >= 11 is 0. The first-order valence-corrected chi connectivity index (χ1v) is 16.9. The lowest BCUT2D eigenvalue weighted by Gasteiger charge is -2.11. The highest BCUT2D eigenvalue weighted by Crippen LogP contribution is 2.41. The maximum absolute atomic E-state index is 6.55. The van der Waals surface area contributed by atoms with Crippen molar-refractivity contribution in [2.75, 3.05) is 0 Å². The van der Waals surface area contributed by atoms with Gasteiger partial charge in [-0.1, -0.05) is 121 Å². The number of furan rings is 2. The molecule has 0 unspecified atom stereocenters. The molecule has 0 aliphatic heterocycles. The third-order valence-corrected chi connectivity index (χ3v) is 9.90. The Hall–Kier alpha value is -7.05. The Labute approximate surface area is 290 Å². The summed E-state index contributed by atoms with van der Waals surface area (Å²) in [6.45, 7) is 0. The number of aromatic nitrogens is 4. The molecule has 0 radical (unpaired) electrons. The van der Waals surface area contributed by atoms with E-state index in [2.05, 4.69) is 102 Å². The van der Waals surface area contributed by atoms with Crippen molar-refractivity contribution in [1.29, 1.82) is 0 Å². The SMILES string of the molecule is c1ccc(-c2ccc(-c3nc(-c4cccc5c4oc4ccccc45)nc(-n4c5ccccc5c5c6oc7ccccc7c6ccc54)n3)cc2)cc1. The molecule has 0 aliphatic rings. The van der Waals surface area contributed by atoms with Gasteiger partial charge in [0.2, 0.25) is 5.95 Å². The second-order valence-corrected chi connectivity index (χ2v) is 12.8. The Morgan fingerprint density at radius 2 is 0.961 bits per heavy atom. The van der Waals surface area contributed by atoms with Crippen LogP contribution in [0.5, 0.6) is 0 Å². The monoisotopic (exact) mass is 654 g/mol. The van der Waals surface area contributed by atoms with Crippen LogP contribution in [0.3, 0.4) is 0 Å². The second kappa shape index (κ2) is 10.7. The Morgan fingerprint density at radius 3 is 1.75 bits per heavy atom. The minimum absolute atomic E-state index is 0.511. The highest BCUT2D eigenvalue weighted by molar-refractivity contribution is 6.23. The summed E-state index contributed by atoms with van der Waals surface area (Å²) in [6, 6.07) is 53.8. The number of benzene rings is 7. The molecular formula is C45H26N4O2. The Bertz CT molecular complexity index is 3140.